The summed E-state index contributed by atoms with van der Waals surface area (Å²) in [6.07, 6.45) is 2.62. The van der Waals surface area contributed by atoms with Gasteiger partial charge in [0.25, 0.3) is 0 Å². The highest BCUT2D eigenvalue weighted by Crippen LogP contribution is 2.35. The molecular weight excluding hydrogens is 272 g/mol. The van der Waals surface area contributed by atoms with Gasteiger partial charge < -0.3 is 19.3 Å². The molecular formula is C16H22O5. The molecule has 5 nitrogen and oxygen atoms in total. The maximum atomic E-state index is 11.4. The van der Waals surface area contributed by atoms with Gasteiger partial charge in [0, 0.05) is 6.07 Å². The first-order chi connectivity index (χ1) is 10.1. The third kappa shape index (κ3) is 3.40. The molecule has 1 aromatic carbocycles. The van der Waals surface area contributed by atoms with Crippen molar-refractivity contribution in [3.8, 4) is 17.2 Å². The van der Waals surface area contributed by atoms with Crippen LogP contribution in [0.1, 0.15) is 39.5 Å². The fourth-order valence-electron chi connectivity index (χ4n) is 2.58. The molecule has 0 bridgehead atoms. The Labute approximate surface area is 124 Å². The zero-order chi connectivity index (χ0) is 15.3. The molecule has 21 heavy (non-hydrogen) atoms. The quantitative estimate of drug-likeness (QED) is 0.744. The smallest absolute Gasteiger partial charge is 0.309 e. The number of carboxylic acids is 1. The summed E-state index contributed by atoms with van der Waals surface area (Å²) in [5.41, 5.74) is -0.627. The summed E-state index contributed by atoms with van der Waals surface area (Å²) >= 11 is 0. The minimum atomic E-state index is -0.712. The molecule has 1 aliphatic rings. The van der Waals surface area contributed by atoms with Crippen LogP contribution in [-0.4, -0.2) is 24.5 Å². The molecule has 0 radical (unpaired) electrons. The van der Waals surface area contributed by atoms with Crippen LogP contribution in [0, 0.1) is 5.41 Å². The minimum absolute atomic E-state index is 0.243. The van der Waals surface area contributed by atoms with Crippen LogP contribution in [0.15, 0.2) is 18.2 Å². The molecule has 0 atom stereocenters. The summed E-state index contributed by atoms with van der Waals surface area (Å²) in [6, 6.07) is 5.45. The van der Waals surface area contributed by atoms with E-state index in [2.05, 4.69) is 0 Å². The summed E-state index contributed by atoms with van der Waals surface area (Å²) < 4.78 is 16.2. The molecule has 0 amide bonds. The van der Waals surface area contributed by atoms with Crippen LogP contribution in [0.5, 0.6) is 17.2 Å². The van der Waals surface area contributed by atoms with E-state index >= 15 is 0 Å². The lowest BCUT2D eigenvalue weighted by molar-refractivity contribution is -0.150. The molecule has 1 aromatic rings. The average Bonchev–Trinajstić information content (AvgIpc) is 2.95. The van der Waals surface area contributed by atoms with Crippen LogP contribution in [0.3, 0.4) is 0 Å². The number of hydrogen-bond acceptors (Lipinski definition) is 4. The molecule has 0 fully saturated rings. The van der Waals surface area contributed by atoms with Gasteiger partial charge in [0.05, 0.1) is 12.0 Å². The highest BCUT2D eigenvalue weighted by molar-refractivity contribution is 5.74. The molecule has 116 valence electrons. The van der Waals surface area contributed by atoms with Crippen LogP contribution in [-0.2, 0) is 4.79 Å². The van der Waals surface area contributed by atoms with Gasteiger partial charge in [-0.3, -0.25) is 4.79 Å². The molecule has 0 unspecified atom stereocenters. The van der Waals surface area contributed by atoms with E-state index in [4.69, 9.17) is 14.2 Å². The number of rotatable bonds is 8. The summed E-state index contributed by atoms with van der Waals surface area (Å²) in [5, 5.41) is 9.37. The van der Waals surface area contributed by atoms with E-state index in [9.17, 15) is 9.90 Å². The van der Waals surface area contributed by atoms with Crippen LogP contribution < -0.4 is 14.2 Å². The molecule has 0 saturated heterocycles. The van der Waals surface area contributed by atoms with E-state index in [0.717, 1.165) is 5.75 Å². The van der Waals surface area contributed by atoms with Gasteiger partial charge >= 0.3 is 5.97 Å². The highest BCUT2D eigenvalue weighted by atomic mass is 16.7. The van der Waals surface area contributed by atoms with Crippen molar-refractivity contribution >= 4 is 5.97 Å². The van der Waals surface area contributed by atoms with E-state index in [0.29, 0.717) is 43.8 Å². The Morgan fingerprint density at radius 1 is 1.29 bits per heavy atom. The van der Waals surface area contributed by atoms with E-state index in [-0.39, 0.29) is 6.79 Å². The third-order valence-corrected chi connectivity index (χ3v) is 4.22. The van der Waals surface area contributed by atoms with Crippen molar-refractivity contribution in [3.63, 3.8) is 0 Å². The van der Waals surface area contributed by atoms with E-state index < -0.39 is 11.4 Å². The normalized spacial score (nSPS) is 13.2. The number of ether oxygens (including phenoxy) is 3. The van der Waals surface area contributed by atoms with E-state index in [1.807, 2.05) is 26.0 Å². The summed E-state index contributed by atoms with van der Waals surface area (Å²) in [7, 11) is 0. The molecule has 0 spiro atoms. The second-order valence-corrected chi connectivity index (χ2v) is 5.26. The summed E-state index contributed by atoms with van der Waals surface area (Å²) in [5.74, 6) is 1.42. The van der Waals surface area contributed by atoms with Gasteiger partial charge in [-0.25, -0.2) is 0 Å². The lowest BCUT2D eigenvalue weighted by Gasteiger charge is -2.26. The number of carboxylic acid groups (broad SMARTS) is 1. The molecule has 1 aliphatic heterocycles. The van der Waals surface area contributed by atoms with Crippen LogP contribution in [0.25, 0.3) is 0 Å². The maximum Gasteiger partial charge on any atom is 0.309 e. The van der Waals surface area contributed by atoms with Crippen molar-refractivity contribution in [3.05, 3.63) is 18.2 Å². The zero-order valence-corrected chi connectivity index (χ0v) is 12.6. The number of carbonyl (C=O) groups is 1. The van der Waals surface area contributed by atoms with Crippen LogP contribution in [0.4, 0.5) is 0 Å². The molecule has 1 N–H and O–H groups in total. The average molecular weight is 294 g/mol. The maximum absolute atomic E-state index is 11.4. The largest absolute Gasteiger partial charge is 0.493 e. The second kappa shape index (κ2) is 6.70. The van der Waals surface area contributed by atoms with Crippen molar-refractivity contribution in [2.75, 3.05) is 13.4 Å². The minimum Gasteiger partial charge on any atom is -0.493 e. The lowest BCUT2D eigenvalue weighted by Crippen LogP contribution is -2.30. The predicted octanol–water partition coefficient (Wildman–Crippen LogP) is 3.47. The van der Waals surface area contributed by atoms with Gasteiger partial charge in [0.2, 0.25) is 6.79 Å². The van der Waals surface area contributed by atoms with Crippen molar-refractivity contribution in [2.45, 2.75) is 39.5 Å². The lowest BCUT2D eigenvalue weighted by atomic mass is 9.78. The predicted molar refractivity (Wildman–Crippen MR) is 77.9 cm³/mol. The zero-order valence-electron chi connectivity index (χ0n) is 12.6. The Hall–Kier alpha value is -1.91. The molecule has 1 heterocycles. The van der Waals surface area contributed by atoms with Crippen molar-refractivity contribution in [1.29, 1.82) is 0 Å². The number of fused-ring (bicyclic) bond motifs is 1. The molecule has 0 saturated carbocycles. The van der Waals surface area contributed by atoms with Gasteiger partial charge in [-0.05, 0) is 37.8 Å². The second-order valence-electron chi connectivity index (χ2n) is 5.26. The van der Waals surface area contributed by atoms with Crippen molar-refractivity contribution in [1.82, 2.24) is 0 Å². The van der Waals surface area contributed by atoms with Gasteiger partial charge in [-0.1, -0.05) is 13.8 Å². The Kier molecular flexibility index (Phi) is 4.94. The first kappa shape index (κ1) is 15.5. The number of hydrogen-bond donors (Lipinski definition) is 1. The Bertz CT molecular complexity index is 493. The molecule has 0 aromatic heterocycles. The van der Waals surface area contributed by atoms with E-state index in [1.54, 1.807) is 6.07 Å². The van der Waals surface area contributed by atoms with Crippen LogP contribution in [0.2, 0.25) is 0 Å². The van der Waals surface area contributed by atoms with Crippen molar-refractivity contribution in [2.24, 2.45) is 5.41 Å². The fourth-order valence-corrected chi connectivity index (χ4v) is 2.58. The number of benzene rings is 1. The summed E-state index contributed by atoms with van der Waals surface area (Å²) in [6.45, 7) is 4.59. The topological polar surface area (TPSA) is 65.0 Å². The molecule has 2 rings (SSSR count). The van der Waals surface area contributed by atoms with Gasteiger partial charge in [-0.2, -0.15) is 0 Å². The number of aliphatic carboxylic acids is 1. The highest BCUT2D eigenvalue weighted by Gasteiger charge is 2.33. The first-order valence-electron chi connectivity index (χ1n) is 7.37. The van der Waals surface area contributed by atoms with E-state index in [1.165, 1.54) is 0 Å². The van der Waals surface area contributed by atoms with Gasteiger partial charge in [0.1, 0.15) is 5.75 Å². The van der Waals surface area contributed by atoms with Gasteiger partial charge in [-0.15, -0.1) is 0 Å². The van der Waals surface area contributed by atoms with Crippen molar-refractivity contribution < 1.29 is 24.1 Å². The molecule has 0 aliphatic carbocycles. The molecule has 5 heteroatoms. The Morgan fingerprint density at radius 3 is 2.67 bits per heavy atom. The first-order valence-corrected chi connectivity index (χ1v) is 7.37. The monoisotopic (exact) mass is 294 g/mol. The Morgan fingerprint density at radius 2 is 2.00 bits per heavy atom. The third-order valence-electron chi connectivity index (χ3n) is 4.22. The Balaban J connectivity index is 1.83. The summed E-state index contributed by atoms with van der Waals surface area (Å²) in [4.78, 5) is 11.4. The SMILES string of the molecule is CCC(CC)(CCCOc1ccc2c(c1)OCO2)C(=O)O. The fraction of sp³-hybridized carbons (Fsp3) is 0.562. The van der Waals surface area contributed by atoms with Crippen LogP contribution >= 0.6 is 0 Å². The standard InChI is InChI=1S/C16H22O5/c1-3-16(4-2,15(17)18)8-5-9-19-12-6-7-13-14(10-12)21-11-20-13/h6-7,10H,3-5,8-9,11H2,1-2H3,(H,17,18). The van der Waals surface area contributed by atoms with Gasteiger partial charge in [0.15, 0.2) is 11.5 Å².